The van der Waals surface area contributed by atoms with Crippen LogP contribution in [0.1, 0.15) is 12.8 Å². The Bertz CT molecular complexity index is 712. The van der Waals surface area contributed by atoms with E-state index in [2.05, 4.69) is 4.98 Å². The predicted molar refractivity (Wildman–Crippen MR) is 83.9 cm³/mol. The number of methoxy groups -OCH3 is 3. The summed E-state index contributed by atoms with van der Waals surface area (Å²) in [7, 11) is 4.53. The van der Waals surface area contributed by atoms with Crippen LogP contribution < -0.4 is 25.5 Å². The molecule has 0 saturated carbocycles. The summed E-state index contributed by atoms with van der Waals surface area (Å²) in [6.07, 6.45) is 3.21. The largest absolute Gasteiger partial charge is 0.493 e. The smallest absolute Gasteiger partial charge is 0.261 e. The molecule has 0 atom stereocenters. The number of nitrogens with zero attached hydrogens (tertiary/aromatic N) is 2. The molecule has 0 radical (unpaired) electrons. The first-order valence-electron chi connectivity index (χ1n) is 7.06. The van der Waals surface area contributed by atoms with E-state index >= 15 is 0 Å². The molecule has 0 amide bonds. The Morgan fingerprint density at radius 3 is 2.45 bits per heavy atom. The average Bonchev–Trinajstić information content (AvgIpc) is 2.55. The van der Waals surface area contributed by atoms with Crippen molar-refractivity contribution >= 4 is 10.9 Å². The molecule has 0 aliphatic heterocycles. The summed E-state index contributed by atoms with van der Waals surface area (Å²) in [6, 6.07) is 1.63. The number of benzene rings is 1. The van der Waals surface area contributed by atoms with Gasteiger partial charge in [-0.05, 0) is 25.5 Å². The molecule has 120 valence electrons. The number of aryl methyl sites for hydroxylation is 1. The van der Waals surface area contributed by atoms with Crippen LogP contribution in [-0.4, -0.2) is 37.4 Å². The number of unbranched alkanes of at least 4 members (excludes halogenated alkanes) is 1. The molecule has 0 aliphatic rings. The number of nitrogens with two attached hydrogens (primary N) is 1. The summed E-state index contributed by atoms with van der Waals surface area (Å²) in [4.78, 5) is 16.9. The molecule has 1 aromatic carbocycles. The highest BCUT2D eigenvalue weighted by Gasteiger charge is 2.19. The van der Waals surface area contributed by atoms with Gasteiger partial charge in [0.05, 0.1) is 33.0 Å². The predicted octanol–water partition coefficient (Wildman–Crippen LogP) is 1.16. The molecule has 1 heterocycles. The minimum atomic E-state index is -0.138. The third-order valence-electron chi connectivity index (χ3n) is 3.47. The Hall–Kier alpha value is -2.28. The van der Waals surface area contributed by atoms with Crippen molar-refractivity contribution in [2.75, 3.05) is 27.9 Å². The SMILES string of the molecule is COc1cc2c(=O)n(CCCCN)cnc2c(OC)c1OC. The third kappa shape index (κ3) is 2.85. The molecule has 2 rings (SSSR count). The van der Waals surface area contributed by atoms with Gasteiger partial charge in [-0.2, -0.15) is 0 Å². The zero-order valence-electron chi connectivity index (χ0n) is 13.1. The van der Waals surface area contributed by atoms with Gasteiger partial charge in [0.25, 0.3) is 5.56 Å². The number of aromatic nitrogens is 2. The molecular formula is C15H21N3O4. The van der Waals surface area contributed by atoms with E-state index in [1.165, 1.54) is 27.7 Å². The monoisotopic (exact) mass is 307 g/mol. The molecule has 7 heteroatoms. The van der Waals surface area contributed by atoms with E-state index in [0.29, 0.717) is 41.2 Å². The Labute approximate surface area is 128 Å². The first-order chi connectivity index (χ1) is 10.7. The van der Waals surface area contributed by atoms with Crippen LogP contribution in [0.15, 0.2) is 17.2 Å². The lowest BCUT2D eigenvalue weighted by molar-refractivity contribution is 0.326. The zero-order chi connectivity index (χ0) is 16.1. The maximum atomic E-state index is 12.6. The lowest BCUT2D eigenvalue weighted by Gasteiger charge is -2.14. The maximum absolute atomic E-state index is 12.6. The molecular weight excluding hydrogens is 286 g/mol. The van der Waals surface area contributed by atoms with E-state index in [9.17, 15) is 4.79 Å². The van der Waals surface area contributed by atoms with E-state index in [1.807, 2.05) is 0 Å². The molecule has 1 aromatic heterocycles. The van der Waals surface area contributed by atoms with Gasteiger partial charge in [0.1, 0.15) is 5.52 Å². The van der Waals surface area contributed by atoms with Crippen molar-refractivity contribution < 1.29 is 14.2 Å². The normalized spacial score (nSPS) is 10.7. The van der Waals surface area contributed by atoms with Gasteiger partial charge in [-0.1, -0.05) is 0 Å². The van der Waals surface area contributed by atoms with Crippen molar-refractivity contribution in [3.05, 3.63) is 22.7 Å². The number of hydrogen-bond donors (Lipinski definition) is 1. The first-order valence-corrected chi connectivity index (χ1v) is 7.06. The third-order valence-corrected chi connectivity index (χ3v) is 3.47. The topological polar surface area (TPSA) is 88.6 Å². The minimum Gasteiger partial charge on any atom is -0.493 e. The fourth-order valence-corrected chi connectivity index (χ4v) is 2.35. The van der Waals surface area contributed by atoms with Crippen LogP contribution in [-0.2, 0) is 6.54 Å². The molecule has 0 spiro atoms. The lowest BCUT2D eigenvalue weighted by atomic mass is 10.2. The Morgan fingerprint density at radius 1 is 1.14 bits per heavy atom. The van der Waals surface area contributed by atoms with Crippen LogP contribution in [0, 0.1) is 0 Å². The average molecular weight is 307 g/mol. The van der Waals surface area contributed by atoms with E-state index in [1.54, 1.807) is 10.6 Å². The van der Waals surface area contributed by atoms with E-state index in [0.717, 1.165) is 12.8 Å². The van der Waals surface area contributed by atoms with Crippen molar-refractivity contribution in [1.82, 2.24) is 9.55 Å². The highest BCUT2D eigenvalue weighted by molar-refractivity contribution is 5.89. The van der Waals surface area contributed by atoms with E-state index < -0.39 is 0 Å². The molecule has 2 N–H and O–H groups in total. The van der Waals surface area contributed by atoms with Crippen LogP contribution in [0.4, 0.5) is 0 Å². The first kappa shape index (κ1) is 16.1. The van der Waals surface area contributed by atoms with E-state index in [4.69, 9.17) is 19.9 Å². The molecule has 7 nitrogen and oxygen atoms in total. The zero-order valence-corrected chi connectivity index (χ0v) is 13.1. The van der Waals surface area contributed by atoms with Gasteiger partial charge in [0.15, 0.2) is 11.5 Å². The fourth-order valence-electron chi connectivity index (χ4n) is 2.35. The van der Waals surface area contributed by atoms with Crippen molar-refractivity contribution in [3.8, 4) is 17.2 Å². The van der Waals surface area contributed by atoms with Crippen molar-refractivity contribution in [1.29, 1.82) is 0 Å². The Morgan fingerprint density at radius 2 is 1.86 bits per heavy atom. The molecule has 0 fully saturated rings. The quantitative estimate of drug-likeness (QED) is 0.772. The number of fused-ring (bicyclic) bond motifs is 1. The van der Waals surface area contributed by atoms with Gasteiger partial charge in [0, 0.05) is 6.54 Å². The second-order valence-electron chi connectivity index (χ2n) is 4.78. The highest BCUT2D eigenvalue weighted by atomic mass is 16.5. The van der Waals surface area contributed by atoms with Gasteiger partial charge in [0.2, 0.25) is 5.75 Å². The lowest BCUT2D eigenvalue weighted by Crippen LogP contribution is -2.21. The minimum absolute atomic E-state index is 0.138. The van der Waals surface area contributed by atoms with Crippen molar-refractivity contribution in [2.24, 2.45) is 5.73 Å². The Balaban J connectivity index is 2.61. The maximum Gasteiger partial charge on any atom is 0.261 e. The molecule has 0 aliphatic carbocycles. The van der Waals surface area contributed by atoms with Crippen LogP contribution in [0.3, 0.4) is 0 Å². The van der Waals surface area contributed by atoms with Crippen LogP contribution in [0.5, 0.6) is 17.2 Å². The van der Waals surface area contributed by atoms with Gasteiger partial charge >= 0.3 is 0 Å². The number of rotatable bonds is 7. The molecule has 0 unspecified atom stereocenters. The summed E-state index contributed by atoms with van der Waals surface area (Å²) in [6.45, 7) is 1.18. The van der Waals surface area contributed by atoms with Gasteiger partial charge in [-0.15, -0.1) is 0 Å². The molecule has 22 heavy (non-hydrogen) atoms. The summed E-state index contributed by atoms with van der Waals surface area (Å²) >= 11 is 0. The molecule has 0 saturated heterocycles. The van der Waals surface area contributed by atoms with Gasteiger partial charge in [-0.25, -0.2) is 4.98 Å². The fraction of sp³-hybridized carbons (Fsp3) is 0.467. The summed E-state index contributed by atoms with van der Waals surface area (Å²) in [5, 5.41) is 0.435. The number of ether oxygens (including phenoxy) is 3. The van der Waals surface area contributed by atoms with Crippen LogP contribution in [0.25, 0.3) is 10.9 Å². The number of hydrogen-bond acceptors (Lipinski definition) is 6. The van der Waals surface area contributed by atoms with E-state index in [-0.39, 0.29) is 5.56 Å². The molecule has 2 aromatic rings. The van der Waals surface area contributed by atoms with Crippen molar-refractivity contribution in [2.45, 2.75) is 19.4 Å². The van der Waals surface area contributed by atoms with Crippen LogP contribution in [0.2, 0.25) is 0 Å². The second kappa shape index (κ2) is 7.13. The van der Waals surface area contributed by atoms with Gasteiger partial charge in [-0.3, -0.25) is 9.36 Å². The van der Waals surface area contributed by atoms with Gasteiger partial charge < -0.3 is 19.9 Å². The Kier molecular flexibility index (Phi) is 5.21. The second-order valence-corrected chi connectivity index (χ2v) is 4.78. The highest BCUT2D eigenvalue weighted by Crippen LogP contribution is 2.41. The molecule has 0 bridgehead atoms. The summed E-state index contributed by atoms with van der Waals surface area (Å²) in [5.41, 5.74) is 5.80. The summed E-state index contributed by atoms with van der Waals surface area (Å²) in [5.74, 6) is 1.25. The standard InChI is InChI=1S/C15H21N3O4/c1-20-11-8-10-12(14(22-3)13(11)21-2)17-9-18(15(10)19)7-5-4-6-16/h8-9H,4-7,16H2,1-3H3. The summed E-state index contributed by atoms with van der Waals surface area (Å²) < 4.78 is 17.5. The van der Waals surface area contributed by atoms with Crippen LogP contribution >= 0.6 is 0 Å². The van der Waals surface area contributed by atoms with Crippen molar-refractivity contribution in [3.63, 3.8) is 0 Å².